The van der Waals surface area contributed by atoms with Crippen LogP contribution in [0.2, 0.25) is 5.02 Å². The van der Waals surface area contributed by atoms with Crippen molar-refractivity contribution in [2.45, 2.75) is 5.97 Å². The Kier molecular flexibility index (Phi) is 6.32. The number of aliphatic hydroxyl groups is 3. The number of carboxylic acid groups (broad SMARTS) is 1. The summed E-state index contributed by atoms with van der Waals surface area (Å²) in [4.78, 5) is 10.8. The van der Waals surface area contributed by atoms with E-state index < -0.39 is 17.8 Å². The molecule has 0 bridgehead atoms. The van der Waals surface area contributed by atoms with Crippen LogP contribution in [0, 0.1) is 5.82 Å². The van der Waals surface area contributed by atoms with Gasteiger partial charge in [0.2, 0.25) is 0 Å². The Labute approximate surface area is 197 Å². The molecule has 7 nitrogen and oxygen atoms in total. The van der Waals surface area contributed by atoms with E-state index in [4.69, 9.17) is 16.7 Å². The molecule has 0 aliphatic carbocycles. The Morgan fingerprint density at radius 3 is 2.35 bits per heavy atom. The van der Waals surface area contributed by atoms with Crippen LogP contribution in [0.15, 0.2) is 72.9 Å². The Bertz CT molecular complexity index is 1440. The van der Waals surface area contributed by atoms with Crippen LogP contribution in [0.5, 0.6) is 0 Å². The minimum absolute atomic E-state index is 0.00714. The second-order valence-electron chi connectivity index (χ2n) is 7.48. The maximum absolute atomic E-state index is 13.7. The summed E-state index contributed by atoms with van der Waals surface area (Å²) in [6.07, 6.45) is 3.98. The lowest BCUT2D eigenvalue weighted by Gasteiger charge is -2.25. The summed E-state index contributed by atoms with van der Waals surface area (Å²) in [5.41, 5.74) is 2.11. The van der Waals surface area contributed by atoms with Gasteiger partial charge in [0.1, 0.15) is 5.82 Å². The standard InChI is InChI=1S/C25H18ClFN2O5/c26-20-12-18(27)7-8-19(20)24(25(32,33)34)23(16-6-9-21-17(11-16)13-28-29-21)15-4-1-14(2-5-15)3-10-22(30)31/h1-13,32-34H,(H,28,29)(H,30,31)/b10-3+,24-23-. The third-order valence-corrected chi connectivity index (χ3v) is 5.45. The minimum Gasteiger partial charge on any atom is -0.478 e. The third-order valence-electron chi connectivity index (χ3n) is 5.13. The van der Waals surface area contributed by atoms with Crippen LogP contribution >= 0.6 is 11.6 Å². The maximum Gasteiger partial charge on any atom is 0.328 e. The van der Waals surface area contributed by atoms with Crippen molar-refractivity contribution in [1.82, 2.24) is 10.2 Å². The van der Waals surface area contributed by atoms with E-state index in [0.29, 0.717) is 16.7 Å². The zero-order valence-corrected chi connectivity index (χ0v) is 18.2. The number of H-pyrrole nitrogens is 1. The van der Waals surface area contributed by atoms with E-state index in [1.807, 2.05) is 0 Å². The topological polar surface area (TPSA) is 127 Å². The lowest BCUT2D eigenvalue weighted by atomic mass is 9.87. The lowest BCUT2D eigenvalue weighted by Crippen LogP contribution is -2.30. The predicted octanol–water partition coefficient (Wildman–Crippen LogP) is 4.04. The maximum atomic E-state index is 13.7. The molecule has 4 aromatic rings. The number of benzene rings is 3. The summed E-state index contributed by atoms with van der Waals surface area (Å²) < 4.78 is 13.7. The van der Waals surface area contributed by atoms with Crippen molar-refractivity contribution in [3.05, 3.63) is 106 Å². The number of carbonyl (C=O) groups is 1. The highest BCUT2D eigenvalue weighted by Gasteiger charge is 2.33. The van der Waals surface area contributed by atoms with Gasteiger partial charge in [-0.3, -0.25) is 5.10 Å². The van der Waals surface area contributed by atoms with Gasteiger partial charge in [-0.25, -0.2) is 9.18 Å². The van der Waals surface area contributed by atoms with Crippen molar-refractivity contribution < 1.29 is 29.6 Å². The van der Waals surface area contributed by atoms with Crippen molar-refractivity contribution in [3.63, 3.8) is 0 Å². The number of carboxylic acids is 1. The van der Waals surface area contributed by atoms with Gasteiger partial charge in [-0.15, -0.1) is 0 Å². The molecule has 1 heterocycles. The molecular formula is C25H18ClFN2O5. The van der Waals surface area contributed by atoms with Gasteiger partial charge in [-0.2, -0.15) is 5.10 Å². The lowest BCUT2D eigenvalue weighted by molar-refractivity contribution is -0.263. The molecule has 34 heavy (non-hydrogen) atoms. The van der Waals surface area contributed by atoms with E-state index in [9.17, 15) is 24.5 Å². The first kappa shape index (κ1) is 23.3. The van der Waals surface area contributed by atoms with E-state index in [1.165, 1.54) is 12.1 Å². The number of hydrogen-bond acceptors (Lipinski definition) is 5. The average Bonchev–Trinajstić information content (AvgIpc) is 3.24. The molecule has 0 radical (unpaired) electrons. The van der Waals surface area contributed by atoms with Crippen LogP contribution < -0.4 is 0 Å². The molecule has 3 aromatic carbocycles. The summed E-state index contributed by atoms with van der Waals surface area (Å²) in [7, 11) is 0. The molecule has 4 rings (SSSR count). The molecule has 0 amide bonds. The normalized spacial score (nSPS) is 12.9. The van der Waals surface area contributed by atoms with E-state index in [-0.39, 0.29) is 21.7 Å². The first-order valence-corrected chi connectivity index (χ1v) is 10.3. The molecule has 172 valence electrons. The fourth-order valence-electron chi connectivity index (χ4n) is 3.66. The van der Waals surface area contributed by atoms with E-state index in [0.717, 1.165) is 29.1 Å². The van der Waals surface area contributed by atoms with Gasteiger partial charge in [0.15, 0.2) is 0 Å². The molecule has 0 atom stereocenters. The molecule has 0 aliphatic rings. The fraction of sp³-hybridized carbons (Fsp3) is 0.0400. The Balaban J connectivity index is 2.02. The Morgan fingerprint density at radius 2 is 1.71 bits per heavy atom. The van der Waals surface area contributed by atoms with Gasteiger partial charge >= 0.3 is 11.9 Å². The van der Waals surface area contributed by atoms with Crippen molar-refractivity contribution in [2.24, 2.45) is 0 Å². The second-order valence-corrected chi connectivity index (χ2v) is 7.88. The molecular weight excluding hydrogens is 463 g/mol. The first-order valence-electron chi connectivity index (χ1n) is 9.96. The number of halogens is 2. The summed E-state index contributed by atoms with van der Waals surface area (Å²) in [5.74, 6) is -5.08. The van der Waals surface area contributed by atoms with E-state index >= 15 is 0 Å². The molecule has 1 aromatic heterocycles. The van der Waals surface area contributed by atoms with E-state index in [2.05, 4.69) is 10.2 Å². The number of nitrogens with zero attached hydrogens (tertiary/aromatic N) is 1. The number of aliphatic carboxylic acids is 1. The quantitative estimate of drug-likeness (QED) is 0.161. The van der Waals surface area contributed by atoms with Crippen molar-refractivity contribution >= 4 is 45.7 Å². The number of aromatic amines is 1. The predicted molar refractivity (Wildman–Crippen MR) is 126 cm³/mol. The molecule has 0 spiro atoms. The monoisotopic (exact) mass is 480 g/mol. The molecule has 5 N–H and O–H groups in total. The third kappa shape index (κ3) is 4.90. The summed E-state index contributed by atoms with van der Waals surface area (Å²) in [6, 6.07) is 15.0. The highest BCUT2D eigenvalue weighted by atomic mass is 35.5. The van der Waals surface area contributed by atoms with Crippen LogP contribution in [-0.4, -0.2) is 42.6 Å². The molecule has 9 heteroatoms. The smallest absolute Gasteiger partial charge is 0.328 e. The zero-order chi connectivity index (χ0) is 24.5. The fourth-order valence-corrected chi connectivity index (χ4v) is 3.92. The molecule has 0 fully saturated rings. The number of aromatic nitrogens is 2. The molecule has 0 saturated heterocycles. The highest BCUT2D eigenvalue weighted by Crippen LogP contribution is 2.40. The van der Waals surface area contributed by atoms with Crippen LogP contribution in [0.1, 0.15) is 22.3 Å². The molecule has 0 aliphatic heterocycles. The number of hydrogen-bond donors (Lipinski definition) is 5. The SMILES string of the molecule is O=C(O)/C=C/c1ccc(/C(=C(\c2ccc(F)cc2Cl)C(O)(O)O)c2ccc3[nH]ncc3c2)cc1. The highest BCUT2D eigenvalue weighted by molar-refractivity contribution is 6.33. The van der Waals surface area contributed by atoms with Gasteiger partial charge in [-0.05, 0) is 53.1 Å². The minimum atomic E-state index is -3.34. The van der Waals surface area contributed by atoms with Crippen molar-refractivity contribution in [2.75, 3.05) is 0 Å². The van der Waals surface area contributed by atoms with Crippen molar-refractivity contribution in [1.29, 1.82) is 0 Å². The molecule has 0 unspecified atom stereocenters. The number of rotatable bonds is 6. The summed E-state index contributed by atoms with van der Waals surface area (Å²) in [6.45, 7) is 0. The van der Waals surface area contributed by atoms with Gasteiger partial charge in [-0.1, -0.05) is 41.9 Å². The van der Waals surface area contributed by atoms with Gasteiger partial charge < -0.3 is 20.4 Å². The zero-order valence-electron chi connectivity index (χ0n) is 17.4. The van der Waals surface area contributed by atoms with Crippen LogP contribution in [0.4, 0.5) is 4.39 Å². The summed E-state index contributed by atoms with van der Waals surface area (Å²) >= 11 is 6.24. The summed E-state index contributed by atoms with van der Waals surface area (Å²) in [5, 5.41) is 47.4. The molecule has 0 saturated carbocycles. The van der Waals surface area contributed by atoms with Gasteiger partial charge in [0.05, 0.1) is 22.3 Å². The van der Waals surface area contributed by atoms with Crippen LogP contribution in [-0.2, 0) is 4.79 Å². The van der Waals surface area contributed by atoms with Gasteiger partial charge in [0.25, 0.3) is 0 Å². The van der Waals surface area contributed by atoms with Gasteiger partial charge in [0, 0.05) is 22.6 Å². The van der Waals surface area contributed by atoms with Crippen LogP contribution in [0.3, 0.4) is 0 Å². The van der Waals surface area contributed by atoms with Crippen LogP contribution in [0.25, 0.3) is 28.1 Å². The Morgan fingerprint density at radius 1 is 1.00 bits per heavy atom. The number of nitrogens with one attached hydrogen (secondary N) is 1. The second kappa shape index (κ2) is 9.20. The van der Waals surface area contributed by atoms with Crippen molar-refractivity contribution in [3.8, 4) is 0 Å². The average molecular weight is 481 g/mol. The Hall–Kier alpha value is -3.82. The largest absolute Gasteiger partial charge is 0.478 e. The van der Waals surface area contributed by atoms with E-state index in [1.54, 1.807) is 48.7 Å². The number of fused-ring (bicyclic) bond motifs is 1. The first-order chi connectivity index (χ1) is 16.1.